The third-order valence-corrected chi connectivity index (χ3v) is 3.97. The third-order valence-electron chi connectivity index (χ3n) is 3.74. The van der Waals surface area contributed by atoms with Crippen molar-refractivity contribution in [2.75, 3.05) is 7.11 Å². The zero-order valence-electron chi connectivity index (χ0n) is 13.9. The van der Waals surface area contributed by atoms with Gasteiger partial charge in [-0.15, -0.1) is 0 Å². The number of benzene rings is 2. The molecule has 2 N–H and O–H groups in total. The van der Waals surface area contributed by atoms with Crippen molar-refractivity contribution in [3.05, 3.63) is 64.2 Å². The van der Waals surface area contributed by atoms with Crippen LogP contribution in [0.15, 0.2) is 42.5 Å². The number of halogens is 1. The number of amides is 1. The number of hydrogen-bond acceptors (Lipinski definition) is 3. The minimum absolute atomic E-state index is 0.166. The summed E-state index contributed by atoms with van der Waals surface area (Å²) in [6.07, 6.45) is 1.50. The number of methoxy groups -OCH3 is 1. The number of rotatable bonds is 8. The Labute approximate surface area is 151 Å². The van der Waals surface area contributed by atoms with Crippen molar-refractivity contribution < 1.29 is 19.4 Å². The topological polar surface area (TPSA) is 75.6 Å². The summed E-state index contributed by atoms with van der Waals surface area (Å²) < 4.78 is 5.18. The van der Waals surface area contributed by atoms with E-state index in [1.165, 1.54) is 7.11 Å². The van der Waals surface area contributed by atoms with Gasteiger partial charge in [-0.05, 0) is 42.2 Å². The molecule has 0 aliphatic rings. The van der Waals surface area contributed by atoms with Crippen LogP contribution in [0, 0.1) is 0 Å². The maximum absolute atomic E-state index is 12.3. The normalized spacial score (nSPS) is 10.3. The van der Waals surface area contributed by atoms with Gasteiger partial charge in [0, 0.05) is 18.0 Å². The first kappa shape index (κ1) is 18.8. The molecule has 0 saturated heterocycles. The van der Waals surface area contributed by atoms with Crippen LogP contribution in [0.3, 0.4) is 0 Å². The predicted octanol–water partition coefficient (Wildman–Crippen LogP) is 3.69. The van der Waals surface area contributed by atoms with E-state index in [1.54, 1.807) is 18.2 Å². The second-order valence-corrected chi connectivity index (χ2v) is 6.03. The fourth-order valence-electron chi connectivity index (χ4n) is 2.40. The highest BCUT2D eigenvalue weighted by Crippen LogP contribution is 2.22. The van der Waals surface area contributed by atoms with E-state index >= 15 is 0 Å². The van der Waals surface area contributed by atoms with Crippen molar-refractivity contribution in [2.45, 2.75) is 25.8 Å². The fourth-order valence-corrected chi connectivity index (χ4v) is 2.57. The average molecular weight is 362 g/mol. The average Bonchev–Trinajstić information content (AvgIpc) is 2.60. The van der Waals surface area contributed by atoms with Crippen LogP contribution in [-0.4, -0.2) is 24.1 Å². The minimum atomic E-state index is -0.782. The van der Waals surface area contributed by atoms with Gasteiger partial charge in [-0.3, -0.25) is 9.59 Å². The van der Waals surface area contributed by atoms with Gasteiger partial charge >= 0.3 is 5.97 Å². The lowest BCUT2D eigenvalue weighted by atomic mass is 10.1. The SMILES string of the molecule is COc1ccc(Cl)cc1C(=O)NCc1ccc(CCCC(=O)O)cc1. The summed E-state index contributed by atoms with van der Waals surface area (Å²) in [5.41, 5.74) is 2.42. The smallest absolute Gasteiger partial charge is 0.303 e. The highest BCUT2D eigenvalue weighted by atomic mass is 35.5. The summed E-state index contributed by atoms with van der Waals surface area (Å²) in [7, 11) is 1.50. The monoisotopic (exact) mass is 361 g/mol. The van der Waals surface area contributed by atoms with E-state index in [1.807, 2.05) is 24.3 Å². The van der Waals surface area contributed by atoms with E-state index in [2.05, 4.69) is 5.32 Å². The molecule has 0 saturated carbocycles. The summed E-state index contributed by atoms with van der Waals surface area (Å²) in [6.45, 7) is 0.379. The molecule has 0 heterocycles. The molecule has 25 heavy (non-hydrogen) atoms. The van der Waals surface area contributed by atoms with Gasteiger partial charge in [0.1, 0.15) is 5.75 Å². The van der Waals surface area contributed by atoms with Crippen LogP contribution < -0.4 is 10.1 Å². The Morgan fingerprint density at radius 2 is 1.80 bits per heavy atom. The van der Waals surface area contributed by atoms with Gasteiger partial charge in [0.25, 0.3) is 5.91 Å². The van der Waals surface area contributed by atoms with Crippen LogP contribution in [0.4, 0.5) is 0 Å². The van der Waals surface area contributed by atoms with E-state index < -0.39 is 5.97 Å². The number of carboxylic acids is 1. The van der Waals surface area contributed by atoms with E-state index in [9.17, 15) is 9.59 Å². The molecule has 2 aromatic rings. The molecule has 132 valence electrons. The molecule has 0 aromatic heterocycles. The Hall–Kier alpha value is -2.53. The predicted molar refractivity (Wildman–Crippen MR) is 96.2 cm³/mol. The summed E-state index contributed by atoms with van der Waals surface area (Å²) >= 11 is 5.94. The summed E-state index contributed by atoms with van der Waals surface area (Å²) in [5.74, 6) is -0.573. The summed E-state index contributed by atoms with van der Waals surface area (Å²) in [5, 5.41) is 12.0. The largest absolute Gasteiger partial charge is 0.496 e. The van der Waals surface area contributed by atoms with Crippen molar-refractivity contribution in [3.63, 3.8) is 0 Å². The number of carbonyl (C=O) groups is 2. The Morgan fingerprint density at radius 1 is 1.12 bits per heavy atom. The Morgan fingerprint density at radius 3 is 2.44 bits per heavy atom. The molecule has 0 aliphatic heterocycles. The molecule has 5 nitrogen and oxygen atoms in total. The van der Waals surface area contributed by atoms with Crippen molar-refractivity contribution in [1.82, 2.24) is 5.32 Å². The zero-order chi connectivity index (χ0) is 18.2. The van der Waals surface area contributed by atoms with Gasteiger partial charge in [0.15, 0.2) is 0 Å². The maximum atomic E-state index is 12.3. The molecule has 1 amide bonds. The van der Waals surface area contributed by atoms with Crippen molar-refractivity contribution in [1.29, 1.82) is 0 Å². The Bertz CT molecular complexity index is 744. The molecule has 0 radical (unpaired) electrons. The molecule has 0 bridgehead atoms. The van der Waals surface area contributed by atoms with Crippen LogP contribution in [0.2, 0.25) is 5.02 Å². The number of hydrogen-bond donors (Lipinski definition) is 2. The number of carboxylic acid groups (broad SMARTS) is 1. The molecular weight excluding hydrogens is 342 g/mol. The van der Waals surface area contributed by atoms with E-state index in [-0.39, 0.29) is 12.3 Å². The first-order valence-electron chi connectivity index (χ1n) is 7.91. The lowest BCUT2D eigenvalue weighted by Crippen LogP contribution is -2.23. The van der Waals surface area contributed by atoms with Crippen molar-refractivity contribution in [3.8, 4) is 5.75 Å². The lowest BCUT2D eigenvalue weighted by Gasteiger charge is -2.10. The minimum Gasteiger partial charge on any atom is -0.496 e. The second kappa shape index (κ2) is 9.08. The number of aryl methyl sites for hydroxylation is 1. The summed E-state index contributed by atoms with van der Waals surface area (Å²) in [6, 6.07) is 12.6. The molecule has 0 spiro atoms. The highest BCUT2D eigenvalue weighted by molar-refractivity contribution is 6.31. The fraction of sp³-hybridized carbons (Fsp3) is 0.263. The number of aliphatic carboxylic acids is 1. The van der Waals surface area contributed by atoms with Gasteiger partial charge in [-0.25, -0.2) is 0 Å². The first-order chi connectivity index (χ1) is 12.0. The van der Waals surface area contributed by atoms with Gasteiger partial charge in [-0.2, -0.15) is 0 Å². The molecule has 0 aliphatic carbocycles. The highest BCUT2D eigenvalue weighted by Gasteiger charge is 2.12. The van der Waals surface area contributed by atoms with Gasteiger partial charge in [-0.1, -0.05) is 35.9 Å². The molecule has 6 heteroatoms. The summed E-state index contributed by atoms with van der Waals surface area (Å²) in [4.78, 5) is 22.8. The molecule has 0 fully saturated rings. The number of nitrogens with one attached hydrogen (secondary N) is 1. The number of ether oxygens (including phenoxy) is 1. The van der Waals surface area contributed by atoms with Gasteiger partial charge < -0.3 is 15.2 Å². The van der Waals surface area contributed by atoms with Crippen LogP contribution in [0.25, 0.3) is 0 Å². The quantitative estimate of drug-likeness (QED) is 0.752. The standard InChI is InChI=1S/C19H20ClNO4/c1-25-17-10-9-15(20)11-16(17)19(24)21-12-14-7-5-13(6-8-14)3-2-4-18(22)23/h5-11H,2-4,12H2,1H3,(H,21,24)(H,22,23). The van der Waals surface area contributed by atoms with Crippen LogP contribution in [0.5, 0.6) is 5.75 Å². The molecular formula is C19H20ClNO4. The van der Waals surface area contributed by atoms with Crippen molar-refractivity contribution >= 4 is 23.5 Å². The van der Waals surface area contributed by atoms with E-state index in [4.69, 9.17) is 21.4 Å². The maximum Gasteiger partial charge on any atom is 0.303 e. The van der Waals surface area contributed by atoms with Gasteiger partial charge in [0.05, 0.1) is 12.7 Å². The Balaban J connectivity index is 1.91. The van der Waals surface area contributed by atoms with Crippen LogP contribution in [0.1, 0.15) is 34.3 Å². The van der Waals surface area contributed by atoms with E-state index in [0.717, 1.165) is 17.5 Å². The zero-order valence-corrected chi connectivity index (χ0v) is 14.7. The van der Waals surface area contributed by atoms with E-state index in [0.29, 0.717) is 29.3 Å². The van der Waals surface area contributed by atoms with Crippen LogP contribution in [-0.2, 0) is 17.8 Å². The van der Waals surface area contributed by atoms with Crippen LogP contribution >= 0.6 is 11.6 Å². The molecule has 0 unspecified atom stereocenters. The van der Waals surface area contributed by atoms with Crippen molar-refractivity contribution in [2.24, 2.45) is 0 Å². The third kappa shape index (κ3) is 5.80. The van der Waals surface area contributed by atoms with Gasteiger partial charge in [0.2, 0.25) is 0 Å². The molecule has 0 atom stereocenters. The molecule has 2 aromatic carbocycles. The number of carbonyl (C=O) groups excluding carboxylic acids is 1. The molecule has 2 rings (SSSR count). The lowest BCUT2D eigenvalue weighted by molar-refractivity contribution is -0.137. The first-order valence-corrected chi connectivity index (χ1v) is 8.28. The Kier molecular flexibility index (Phi) is 6.83. The second-order valence-electron chi connectivity index (χ2n) is 5.59.